The van der Waals surface area contributed by atoms with Crippen molar-refractivity contribution in [2.45, 2.75) is 25.9 Å². The first kappa shape index (κ1) is 18.5. The van der Waals surface area contributed by atoms with Crippen LogP contribution in [0.3, 0.4) is 0 Å². The largest absolute Gasteiger partial charge is 0.496 e. The molecule has 0 saturated heterocycles. The van der Waals surface area contributed by atoms with Crippen molar-refractivity contribution in [1.29, 1.82) is 5.26 Å². The number of nitrogens with one attached hydrogen (secondary N) is 1. The Hall–Kier alpha value is -3.28. The summed E-state index contributed by atoms with van der Waals surface area (Å²) >= 11 is 0. The van der Waals surface area contributed by atoms with Gasteiger partial charge in [0.05, 0.1) is 18.4 Å². The molecule has 3 rings (SSSR count). The number of aromatic amines is 1. The highest BCUT2D eigenvalue weighted by Crippen LogP contribution is 2.39. The van der Waals surface area contributed by atoms with Crippen LogP contribution in [0.25, 0.3) is 16.9 Å². The molecule has 0 unspecified atom stereocenters. The van der Waals surface area contributed by atoms with Crippen LogP contribution in [-0.2, 0) is 6.18 Å². The van der Waals surface area contributed by atoms with Crippen LogP contribution < -0.4 is 10.3 Å². The van der Waals surface area contributed by atoms with Gasteiger partial charge in [-0.15, -0.1) is 0 Å². The number of methoxy groups -OCH3 is 1. The van der Waals surface area contributed by atoms with E-state index in [1.54, 1.807) is 13.8 Å². The van der Waals surface area contributed by atoms with Gasteiger partial charge in [0.15, 0.2) is 5.65 Å². The number of hydrogen-bond donors (Lipinski definition) is 1. The van der Waals surface area contributed by atoms with E-state index in [1.165, 1.54) is 18.3 Å². The van der Waals surface area contributed by atoms with Crippen molar-refractivity contribution in [2.24, 2.45) is 0 Å². The van der Waals surface area contributed by atoms with Crippen molar-refractivity contribution in [3.8, 4) is 23.1 Å². The third-order valence-corrected chi connectivity index (χ3v) is 4.18. The van der Waals surface area contributed by atoms with Crippen LogP contribution in [0, 0.1) is 11.3 Å². The topological polar surface area (TPSA) is 83.2 Å². The van der Waals surface area contributed by atoms with Crippen LogP contribution in [0.1, 0.15) is 36.5 Å². The average Bonchev–Trinajstić information content (AvgIpc) is 3.03. The van der Waals surface area contributed by atoms with Crippen LogP contribution >= 0.6 is 0 Å². The van der Waals surface area contributed by atoms with Gasteiger partial charge in [0.1, 0.15) is 17.4 Å². The van der Waals surface area contributed by atoms with Crippen LogP contribution in [0.15, 0.2) is 29.2 Å². The fourth-order valence-corrected chi connectivity index (χ4v) is 2.92. The molecule has 6 nitrogen and oxygen atoms in total. The Morgan fingerprint density at radius 1 is 1.33 bits per heavy atom. The molecule has 0 aliphatic heterocycles. The number of benzene rings is 1. The maximum Gasteiger partial charge on any atom is 0.419 e. The lowest BCUT2D eigenvalue weighted by atomic mass is 9.97. The van der Waals surface area contributed by atoms with Gasteiger partial charge in [-0.05, 0) is 18.1 Å². The summed E-state index contributed by atoms with van der Waals surface area (Å²) in [7, 11) is 1.14. The number of H-pyrrole nitrogens is 1. The first-order chi connectivity index (χ1) is 12.7. The van der Waals surface area contributed by atoms with E-state index in [9.17, 15) is 23.2 Å². The molecule has 0 fully saturated rings. The zero-order chi connectivity index (χ0) is 19.9. The SMILES string of the molecule is COc1cc(-c2nc3c(C#N)c[nH]n3c(=O)c2C(C)C)ccc1C(F)(F)F. The van der Waals surface area contributed by atoms with E-state index in [0.717, 1.165) is 17.7 Å². The van der Waals surface area contributed by atoms with Gasteiger partial charge in [-0.1, -0.05) is 19.9 Å². The standard InChI is InChI=1S/C18H15F3N4O2/c1-9(2)14-15(24-16-11(7-22)8-23-25(16)17(14)26)10-4-5-12(18(19,20)21)13(6-10)27-3/h4-6,8-9,23H,1-3H3. The zero-order valence-corrected chi connectivity index (χ0v) is 14.7. The Labute approximate surface area is 151 Å². The summed E-state index contributed by atoms with van der Waals surface area (Å²) in [6.07, 6.45) is -3.22. The number of halogens is 3. The van der Waals surface area contributed by atoms with Gasteiger partial charge in [0.25, 0.3) is 5.56 Å². The van der Waals surface area contributed by atoms with E-state index in [2.05, 4.69) is 10.1 Å². The molecule has 27 heavy (non-hydrogen) atoms. The molecule has 2 heterocycles. The van der Waals surface area contributed by atoms with E-state index < -0.39 is 17.3 Å². The van der Waals surface area contributed by atoms with Gasteiger partial charge in [0, 0.05) is 17.3 Å². The highest BCUT2D eigenvalue weighted by atomic mass is 19.4. The molecule has 0 spiro atoms. The molecule has 0 radical (unpaired) electrons. The summed E-state index contributed by atoms with van der Waals surface area (Å²) in [6, 6.07) is 5.27. The van der Waals surface area contributed by atoms with Crippen LogP contribution in [0.5, 0.6) is 5.75 Å². The van der Waals surface area contributed by atoms with Crippen molar-refractivity contribution in [2.75, 3.05) is 7.11 Å². The number of alkyl halides is 3. The Kier molecular flexibility index (Phi) is 4.43. The number of rotatable bonds is 3. The smallest absolute Gasteiger partial charge is 0.419 e. The van der Waals surface area contributed by atoms with Gasteiger partial charge in [0.2, 0.25) is 0 Å². The molecule has 0 aliphatic rings. The van der Waals surface area contributed by atoms with Gasteiger partial charge < -0.3 is 4.74 Å². The summed E-state index contributed by atoms with van der Waals surface area (Å²) in [5.74, 6) is -0.620. The molecular formula is C18H15F3N4O2. The minimum Gasteiger partial charge on any atom is -0.496 e. The van der Waals surface area contributed by atoms with Crippen molar-refractivity contribution >= 4 is 5.65 Å². The lowest BCUT2D eigenvalue weighted by Gasteiger charge is -2.15. The first-order valence-corrected chi connectivity index (χ1v) is 7.98. The van der Waals surface area contributed by atoms with E-state index in [1.807, 2.05) is 6.07 Å². The Morgan fingerprint density at radius 3 is 2.59 bits per heavy atom. The van der Waals surface area contributed by atoms with Gasteiger partial charge >= 0.3 is 6.18 Å². The third kappa shape index (κ3) is 3.03. The summed E-state index contributed by atoms with van der Waals surface area (Å²) in [5.41, 5.74) is -0.224. The number of nitrogens with zero attached hydrogens (tertiary/aromatic N) is 3. The van der Waals surface area contributed by atoms with Crippen molar-refractivity contribution < 1.29 is 17.9 Å². The van der Waals surface area contributed by atoms with Crippen LogP contribution in [0.4, 0.5) is 13.2 Å². The number of nitriles is 1. The lowest BCUT2D eigenvalue weighted by molar-refractivity contribution is -0.138. The molecule has 9 heteroatoms. The number of aromatic nitrogens is 3. The molecular weight excluding hydrogens is 361 g/mol. The molecule has 1 N–H and O–H groups in total. The second-order valence-corrected chi connectivity index (χ2v) is 6.20. The van der Waals surface area contributed by atoms with Gasteiger partial charge in [-0.2, -0.15) is 18.4 Å². The molecule has 0 saturated carbocycles. The van der Waals surface area contributed by atoms with E-state index in [-0.39, 0.29) is 28.6 Å². The molecule has 0 atom stereocenters. The molecule has 0 amide bonds. The molecule has 3 aromatic rings. The normalized spacial score (nSPS) is 11.8. The van der Waals surface area contributed by atoms with E-state index in [4.69, 9.17) is 4.74 Å². The van der Waals surface area contributed by atoms with E-state index >= 15 is 0 Å². The third-order valence-electron chi connectivity index (χ3n) is 4.18. The van der Waals surface area contributed by atoms with Crippen molar-refractivity contribution in [1.82, 2.24) is 14.6 Å². The maximum absolute atomic E-state index is 13.1. The highest BCUT2D eigenvalue weighted by Gasteiger charge is 2.34. The quantitative estimate of drug-likeness (QED) is 0.755. The summed E-state index contributed by atoms with van der Waals surface area (Å²) in [5, 5.41) is 11.9. The van der Waals surface area contributed by atoms with Crippen molar-refractivity contribution in [3.63, 3.8) is 0 Å². The monoisotopic (exact) mass is 376 g/mol. The van der Waals surface area contributed by atoms with Crippen LogP contribution in [-0.4, -0.2) is 21.7 Å². The number of hydrogen-bond acceptors (Lipinski definition) is 4. The minimum absolute atomic E-state index is 0.112. The minimum atomic E-state index is -4.57. The molecule has 140 valence electrons. The maximum atomic E-state index is 13.1. The fraction of sp³-hybridized carbons (Fsp3) is 0.278. The second-order valence-electron chi connectivity index (χ2n) is 6.20. The number of fused-ring (bicyclic) bond motifs is 1. The Morgan fingerprint density at radius 2 is 2.04 bits per heavy atom. The second kappa shape index (κ2) is 6.46. The van der Waals surface area contributed by atoms with Gasteiger partial charge in [-0.3, -0.25) is 9.89 Å². The Balaban J connectivity index is 2.35. The molecule has 2 aromatic heterocycles. The highest BCUT2D eigenvalue weighted by molar-refractivity contribution is 5.70. The van der Waals surface area contributed by atoms with Gasteiger partial charge in [-0.25, -0.2) is 9.50 Å². The first-order valence-electron chi connectivity index (χ1n) is 7.98. The summed E-state index contributed by atoms with van der Waals surface area (Å²) in [4.78, 5) is 17.2. The van der Waals surface area contributed by atoms with E-state index in [0.29, 0.717) is 11.1 Å². The predicted octanol–water partition coefficient (Wildman–Crippen LogP) is 3.71. The summed E-state index contributed by atoms with van der Waals surface area (Å²) < 4.78 is 45.4. The Bertz CT molecular complexity index is 1120. The fourth-order valence-electron chi connectivity index (χ4n) is 2.92. The lowest BCUT2D eigenvalue weighted by Crippen LogP contribution is -2.22. The average molecular weight is 376 g/mol. The predicted molar refractivity (Wildman–Crippen MR) is 91.6 cm³/mol. The number of ether oxygens (including phenoxy) is 1. The summed E-state index contributed by atoms with van der Waals surface area (Å²) in [6.45, 7) is 3.56. The molecule has 1 aromatic carbocycles. The molecule has 0 aliphatic carbocycles. The molecule has 0 bridgehead atoms. The van der Waals surface area contributed by atoms with Crippen molar-refractivity contribution in [3.05, 3.63) is 51.4 Å². The van der Waals surface area contributed by atoms with Crippen LogP contribution in [0.2, 0.25) is 0 Å². The zero-order valence-electron chi connectivity index (χ0n) is 14.7.